The molecule has 8 heteroatoms. The third-order valence-corrected chi connectivity index (χ3v) is 5.97. The summed E-state index contributed by atoms with van der Waals surface area (Å²) in [6.07, 6.45) is -2.56. The molecule has 2 aromatic carbocycles. The molecule has 0 unspecified atom stereocenters. The molecule has 0 aliphatic rings. The average molecular weight is 413 g/mol. The highest BCUT2D eigenvalue weighted by Gasteiger charge is 2.31. The zero-order valence-corrected chi connectivity index (χ0v) is 16.1. The Hall–Kier alpha value is -1.93. The summed E-state index contributed by atoms with van der Waals surface area (Å²) < 4.78 is 43.4. The molecular formula is C19H19F3N2OS2. The number of ether oxygens (including phenoxy) is 1. The van der Waals surface area contributed by atoms with Crippen LogP contribution < -0.4 is 9.54 Å². The summed E-state index contributed by atoms with van der Waals surface area (Å²) in [5, 5.41) is 8.09. The Bertz CT molecular complexity index is 936. The maximum atomic E-state index is 12.3. The lowest BCUT2D eigenvalue weighted by Gasteiger charge is -2.09. The van der Waals surface area contributed by atoms with Gasteiger partial charge in [0.25, 0.3) is 0 Å². The fourth-order valence-electron chi connectivity index (χ4n) is 2.77. The molecule has 0 radical (unpaired) electrons. The second-order valence-electron chi connectivity index (χ2n) is 5.94. The lowest BCUT2D eigenvalue weighted by molar-refractivity contribution is -0.274. The van der Waals surface area contributed by atoms with Crippen LogP contribution in [0.3, 0.4) is 0 Å². The molecule has 0 aliphatic carbocycles. The molecule has 0 spiro atoms. The van der Waals surface area contributed by atoms with Gasteiger partial charge in [0.2, 0.25) is 0 Å². The van der Waals surface area contributed by atoms with Gasteiger partial charge in [-0.25, -0.2) is 0 Å². The van der Waals surface area contributed by atoms with E-state index in [4.69, 9.17) is 5.41 Å². The van der Waals surface area contributed by atoms with Crippen LogP contribution in [-0.4, -0.2) is 22.4 Å². The first-order valence-corrected chi connectivity index (χ1v) is 10.4. The van der Waals surface area contributed by atoms with Crippen LogP contribution in [0, 0.1) is 5.41 Å². The van der Waals surface area contributed by atoms with Crippen molar-refractivity contribution >= 4 is 33.3 Å². The van der Waals surface area contributed by atoms with Crippen LogP contribution in [0.2, 0.25) is 0 Å². The fraction of sp³-hybridized carbons (Fsp3) is 0.316. The molecular weight excluding hydrogens is 393 g/mol. The molecule has 0 fully saturated rings. The van der Waals surface area contributed by atoms with E-state index in [0.717, 1.165) is 41.2 Å². The molecule has 0 bridgehead atoms. The van der Waals surface area contributed by atoms with Gasteiger partial charge in [0.15, 0.2) is 4.80 Å². The van der Waals surface area contributed by atoms with Gasteiger partial charge in [0.05, 0.1) is 10.2 Å². The van der Waals surface area contributed by atoms with Gasteiger partial charge in [-0.2, -0.15) is 11.8 Å². The quantitative estimate of drug-likeness (QED) is 0.500. The van der Waals surface area contributed by atoms with E-state index >= 15 is 0 Å². The van der Waals surface area contributed by atoms with Crippen molar-refractivity contribution in [2.45, 2.75) is 25.7 Å². The summed E-state index contributed by atoms with van der Waals surface area (Å²) in [5.74, 6) is 1.64. The first-order valence-electron chi connectivity index (χ1n) is 8.48. The van der Waals surface area contributed by atoms with Crippen molar-refractivity contribution in [1.29, 1.82) is 5.41 Å². The first kappa shape index (κ1) is 19.8. The fourth-order valence-corrected chi connectivity index (χ4v) is 4.60. The maximum absolute atomic E-state index is 12.3. The minimum absolute atomic E-state index is 0.251. The minimum Gasteiger partial charge on any atom is -0.406 e. The maximum Gasteiger partial charge on any atom is 0.573 e. The van der Waals surface area contributed by atoms with Crippen LogP contribution in [-0.2, 0) is 13.0 Å². The number of hydrogen-bond acceptors (Lipinski definition) is 4. The van der Waals surface area contributed by atoms with E-state index in [1.54, 1.807) is 6.07 Å². The number of nitrogens with one attached hydrogen (secondary N) is 1. The number of benzene rings is 2. The van der Waals surface area contributed by atoms with Crippen LogP contribution >= 0.6 is 23.1 Å². The number of halogens is 3. The third-order valence-electron chi connectivity index (χ3n) is 3.96. The van der Waals surface area contributed by atoms with Crippen molar-refractivity contribution in [2.75, 3.05) is 11.5 Å². The van der Waals surface area contributed by atoms with Crippen molar-refractivity contribution < 1.29 is 17.9 Å². The molecule has 27 heavy (non-hydrogen) atoms. The van der Waals surface area contributed by atoms with Gasteiger partial charge in [0, 0.05) is 12.3 Å². The molecule has 0 amide bonds. The summed E-state index contributed by atoms with van der Waals surface area (Å²) in [6.45, 7) is 0.661. The predicted octanol–water partition coefficient (Wildman–Crippen LogP) is 5.45. The number of nitrogens with zero attached hydrogens (tertiary/aromatic N) is 1. The minimum atomic E-state index is -4.71. The summed E-state index contributed by atoms with van der Waals surface area (Å²) >= 11 is 2.98. The zero-order chi connectivity index (χ0) is 19.3. The normalized spacial score (nSPS) is 11.8. The molecule has 0 atom stereocenters. The lowest BCUT2D eigenvalue weighted by Crippen LogP contribution is -2.17. The van der Waals surface area contributed by atoms with Gasteiger partial charge < -0.3 is 9.30 Å². The largest absolute Gasteiger partial charge is 0.573 e. The molecule has 3 nitrogen and oxygen atoms in total. The molecule has 1 N–H and O–H groups in total. The average Bonchev–Trinajstić information content (AvgIpc) is 2.92. The lowest BCUT2D eigenvalue weighted by atomic mass is 10.1. The van der Waals surface area contributed by atoms with Gasteiger partial charge in [-0.15, -0.1) is 13.2 Å². The number of thioether (sulfide) groups is 1. The molecule has 0 saturated heterocycles. The molecule has 0 aliphatic heterocycles. The number of hydrogen-bond donors (Lipinski definition) is 1. The van der Waals surface area contributed by atoms with Gasteiger partial charge in [-0.05, 0) is 42.4 Å². The third kappa shape index (κ3) is 5.77. The zero-order valence-electron chi connectivity index (χ0n) is 14.5. The van der Waals surface area contributed by atoms with E-state index in [2.05, 4.69) is 16.9 Å². The van der Waals surface area contributed by atoms with E-state index < -0.39 is 6.36 Å². The van der Waals surface area contributed by atoms with E-state index in [1.165, 1.54) is 17.7 Å². The van der Waals surface area contributed by atoms with E-state index in [0.29, 0.717) is 16.0 Å². The van der Waals surface area contributed by atoms with Crippen LogP contribution in [0.15, 0.2) is 48.5 Å². The van der Waals surface area contributed by atoms with Crippen molar-refractivity contribution in [3.8, 4) is 5.75 Å². The van der Waals surface area contributed by atoms with Crippen molar-refractivity contribution in [3.63, 3.8) is 0 Å². The van der Waals surface area contributed by atoms with Crippen molar-refractivity contribution in [2.24, 2.45) is 0 Å². The molecule has 1 heterocycles. The highest BCUT2D eigenvalue weighted by atomic mass is 32.2. The van der Waals surface area contributed by atoms with Crippen LogP contribution in [0.25, 0.3) is 10.2 Å². The van der Waals surface area contributed by atoms with Gasteiger partial charge >= 0.3 is 6.36 Å². The predicted molar refractivity (Wildman–Crippen MR) is 104 cm³/mol. The Morgan fingerprint density at radius 2 is 1.85 bits per heavy atom. The van der Waals surface area contributed by atoms with E-state index in [1.807, 2.05) is 34.5 Å². The molecule has 3 aromatic rings. The summed E-state index contributed by atoms with van der Waals surface area (Å²) in [5.41, 5.74) is 2.10. The molecule has 0 saturated carbocycles. The van der Waals surface area contributed by atoms with Gasteiger partial charge in [-0.1, -0.05) is 41.7 Å². The highest BCUT2D eigenvalue weighted by molar-refractivity contribution is 7.99. The summed E-state index contributed by atoms with van der Waals surface area (Å²) in [6, 6.07) is 14.6. The Morgan fingerprint density at radius 1 is 1.07 bits per heavy atom. The second-order valence-corrected chi connectivity index (χ2v) is 8.19. The summed E-state index contributed by atoms with van der Waals surface area (Å²) in [4.78, 5) is 0.332. The number of thiazole rings is 1. The topological polar surface area (TPSA) is 38.0 Å². The van der Waals surface area contributed by atoms with E-state index in [-0.39, 0.29) is 5.75 Å². The van der Waals surface area contributed by atoms with Crippen LogP contribution in [0.4, 0.5) is 13.2 Å². The molecule has 144 valence electrons. The first-order chi connectivity index (χ1) is 12.9. The van der Waals surface area contributed by atoms with Crippen LogP contribution in [0.1, 0.15) is 12.0 Å². The summed E-state index contributed by atoms with van der Waals surface area (Å²) in [7, 11) is 0. The standard InChI is InChI=1S/C19H19F3N2OS2/c20-19(21,22)25-15-8-9-16-17(13-15)27-18(23)24(16)10-12-26-11-4-7-14-5-2-1-3-6-14/h1-3,5-6,8-9,13,23H,4,7,10-12H2. The second kappa shape index (κ2) is 8.84. The molecule has 1 aromatic heterocycles. The molecule has 3 rings (SSSR count). The highest BCUT2D eigenvalue weighted by Crippen LogP contribution is 2.28. The van der Waals surface area contributed by atoms with Crippen molar-refractivity contribution in [3.05, 3.63) is 58.9 Å². The Balaban J connectivity index is 1.52. The van der Waals surface area contributed by atoms with Crippen LogP contribution in [0.5, 0.6) is 5.75 Å². The number of alkyl halides is 3. The Morgan fingerprint density at radius 3 is 2.59 bits per heavy atom. The number of fused-ring (bicyclic) bond motifs is 1. The monoisotopic (exact) mass is 412 g/mol. The number of rotatable bonds is 8. The Labute approximate surface area is 163 Å². The number of aryl methyl sites for hydroxylation is 2. The smallest absolute Gasteiger partial charge is 0.406 e. The SMILES string of the molecule is N=c1sc2cc(OC(F)(F)F)ccc2n1CCSCCCc1ccccc1. The number of aromatic nitrogens is 1. The van der Waals surface area contributed by atoms with Gasteiger partial charge in [-0.3, -0.25) is 5.41 Å². The van der Waals surface area contributed by atoms with Gasteiger partial charge in [0.1, 0.15) is 5.75 Å². The Kier molecular flexibility index (Phi) is 6.49. The van der Waals surface area contributed by atoms with E-state index in [9.17, 15) is 13.2 Å². The van der Waals surface area contributed by atoms with Crippen molar-refractivity contribution in [1.82, 2.24) is 4.57 Å².